The summed E-state index contributed by atoms with van der Waals surface area (Å²) in [5.74, 6) is -0.137. The third-order valence-electron chi connectivity index (χ3n) is 4.12. The van der Waals surface area contributed by atoms with Crippen LogP contribution in [0, 0.1) is 0 Å². The summed E-state index contributed by atoms with van der Waals surface area (Å²) in [5.41, 5.74) is 3.78. The SMILES string of the molecule is CC(=O)c1c(C(C)=O)c2c3ccccc3c3cccc1n32. The molecule has 0 fully saturated rings. The minimum Gasteiger partial charge on any atom is -0.308 e. The molecule has 0 aliphatic heterocycles. The number of pyridine rings is 1. The fourth-order valence-corrected chi connectivity index (χ4v) is 3.38. The quantitative estimate of drug-likeness (QED) is 0.517. The number of nitrogens with zero attached hydrogens (tertiary/aromatic N) is 1. The first kappa shape index (κ1) is 12.1. The highest BCUT2D eigenvalue weighted by atomic mass is 16.1. The molecule has 0 N–H and O–H groups in total. The maximum Gasteiger partial charge on any atom is 0.162 e. The summed E-state index contributed by atoms with van der Waals surface area (Å²) in [5, 5.41) is 2.13. The van der Waals surface area contributed by atoms with Crippen LogP contribution in [-0.4, -0.2) is 16.0 Å². The smallest absolute Gasteiger partial charge is 0.162 e. The Kier molecular flexibility index (Phi) is 2.25. The highest BCUT2D eigenvalue weighted by Gasteiger charge is 2.25. The van der Waals surface area contributed by atoms with Gasteiger partial charge in [-0.25, -0.2) is 0 Å². The van der Waals surface area contributed by atoms with E-state index in [0.717, 1.165) is 27.3 Å². The highest BCUT2D eigenvalue weighted by Crippen LogP contribution is 2.37. The third kappa shape index (κ3) is 1.38. The lowest BCUT2D eigenvalue weighted by molar-refractivity contribution is 0.0983. The molecule has 0 radical (unpaired) electrons. The number of fused-ring (bicyclic) bond motifs is 3. The zero-order valence-electron chi connectivity index (χ0n) is 11.8. The lowest BCUT2D eigenvalue weighted by Crippen LogP contribution is -2.01. The van der Waals surface area contributed by atoms with E-state index in [2.05, 4.69) is 6.07 Å². The maximum absolute atomic E-state index is 12.2. The van der Waals surface area contributed by atoms with E-state index in [1.807, 2.05) is 40.8 Å². The van der Waals surface area contributed by atoms with Crippen LogP contribution in [0.2, 0.25) is 0 Å². The van der Waals surface area contributed by atoms with Crippen LogP contribution in [0.15, 0.2) is 42.5 Å². The first-order chi connectivity index (χ1) is 10.1. The zero-order valence-corrected chi connectivity index (χ0v) is 11.8. The summed E-state index contributed by atoms with van der Waals surface area (Å²) < 4.78 is 2.04. The van der Waals surface area contributed by atoms with Gasteiger partial charge in [0.25, 0.3) is 0 Å². The van der Waals surface area contributed by atoms with Gasteiger partial charge in [-0.05, 0) is 26.0 Å². The molecule has 0 aliphatic carbocycles. The number of carbonyl (C=O) groups excluding carboxylic acids is 2. The van der Waals surface area contributed by atoms with E-state index in [0.29, 0.717) is 11.1 Å². The van der Waals surface area contributed by atoms with Gasteiger partial charge in [-0.1, -0.05) is 30.3 Å². The predicted octanol–water partition coefficient (Wildman–Crippen LogP) is 4.09. The Labute approximate surface area is 121 Å². The van der Waals surface area contributed by atoms with E-state index in [1.54, 1.807) is 0 Å². The molecule has 21 heavy (non-hydrogen) atoms. The normalized spacial score (nSPS) is 11.7. The highest BCUT2D eigenvalue weighted by molar-refractivity contribution is 6.24. The Morgan fingerprint density at radius 1 is 0.762 bits per heavy atom. The van der Waals surface area contributed by atoms with Gasteiger partial charge in [-0.3, -0.25) is 9.59 Å². The third-order valence-corrected chi connectivity index (χ3v) is 4.12. The van der Waals surface area contributed by atoms with Crippen LogP contribution in [0.3, 0.4) is 0 Å². The molecule has 1 aromatic carbocycles. The summed E-state index contributed by atoms with van der Waals surface area (Å²) >= 11 is 0. The Hall–Kier alpha value is -2.68. The fraction of sp³-hybridized carbons (Fsp3) is 0.111. The van der Waals surface area contributed by atoms with Gasteiger partial charge >= 0.3 is 0 Å². The van der Waals surface area contributed by atoms with Crippen molar-refractivity contribution in [3.8, 4) is 0 Å². The second kappa shape index (κ2) is 3.92. The van der Waals surface area contributed by atoms with Gasteiger partial charge < -0.3 is 4.40 Å². The van der Waals surface area contributed by atoms with Crippen molar-refractivity contribution in [2.45, 2.75) is 13.8 Å². The van der Waals surface area contributed by atoms with E-state index in [1.165, 1.54) is 13.8 Å². The Morgan fingerprint density at radius 2 is 1.38 bits per heavy atom. The molecule has 3 nitrogen and oxygen atoms in total. The second-order valence-electron chi connectivity index (χ2n) is 5.39. The van der Waals surface area contributed by atoms with E-state index in [-0.39, 0.29) is 11.6 Å². The van der Waals surface area contributed by atoms with Crippen molar-refractivity contribution >= 4 is 38.9 Å². The zero-order chi connectivity index (χ0) is 14.7. The van der Waals surface area contributed by atoms with Gasteiger partial charge in [0.1, 0.15) is 0 Å². The van der Waals surface area contributed by atoms with Gasteiger partial charge in [-0.2, -0.15) is 0 Å². The molecule has 0 saturated carbocycles. The number of rotatable bonds is 2. The van der Waals surface area contributed by atoms with Gasteiger partial charge in [-0.15, -0.1) is 0 Å². The molecule has 4 aromatic rings. The molecule has 3 heterocycles. The number of aromatic nitrogens is 1. The molecule has 4 rings (SSSR count). The van der Waals surface area contributed by atoms with Crippen molar-refractivity contribution in [3.63, 3.8) is 0 Å². The molecule has 0 bridgehead atoms. The van der Waals surface area contributed by atoms with Crippen molar-refractivity contribution in [2.75, 3.05) is 0 Å². The molecule has 3 heteroatoms. The largest absolute Gasteiger partial charge is 0.308 e. The van der Waals surface area contributed by atoms with Gasteiger partial charge in [0.05, 0.1) is 27.7 Å². The van der Waals surface area contributed by atoms with Crippen LogP contribution in [0.1, 0.15) is 34.6 Å². The summed E-state index contributed by atoms with van der Waals surface area (Å²) in [6.07, 6.45) is 0. The van der Waals surface area contributed by atoms with Crippen molar-refractivity contribution in [1.82, 2.24) is 4.40 Å². The van der Waals surface area contributed by atoms with Gasteiger partial charge in [0.15, 0.2) is 11.6 Å². The molecule has 102 valence electrons. The average molecular weight is 275 g/mol. The minimum atomic E-state index is -0.0690. The van der Waals surface area contributed by atoms with Crippen LogP contribution >= 0.6 is 0 Å². The van der Waals surface area contributed by atoms with Gasteiger partial charge in [0.2, 0.25) is 0 Å². The number of hydrogen-bond acceptors (Lipinski definition) is 2. The molecule has 0 unspecified atom stereocenters. The predicted molar refractivity (Wildman–Crippen MR) is 83.6 cm³/mol. The summed E-state index contributed by atoms with van der Waals surface area (Å²) in [6.45, 7) is 3.05. The van der Waals surface area contributed by atoms with Crippen molar-refractivity contribution in [1.29, 1.82) is 0 Å². The van der Waals surface area contributed by atoms with Crippen LogP contribution < -0.4 is 0 Å². The number of carbonyl (C=O) groups is 2. The molecular formula is C18H13NO2. The van der Waals surface area contributed by atoms with E-state index >= 15 is 0 Å². The summed E-state index contributed by atoms with van der Waals surface area (Å²) in [7, 11) is 0. The fourth-order valence-electron chi connectivity index (χ4n) is 3.38. The minimum absolute atomic E-state index is 0.0680. The van der Waals surface area contributed by atoms with E-state index < -0.39 is 0 Å². The molecule has 0 saturated heterocycles. The number of hydrogen-bond donors (Lipinski definition) is 0. The van der Waals surface area contributed by atoms with Crippen molar-refractivity contribution in [2.24, 2.45) is 0 Å². The van der Waals surface area contributed by atoms with Crippen molar-refractivity contribution in [3.05, 3.63) is 53.6 Å². The molecule has 0 spiro atoms. The average Bonchev–Trinajstić information content (AvgIpc) is 2.98. The Morgan fingerprint density at radius 3 is 2.05 bits per heavy atom. The Bertz CT molecular complexity index is 1040. The number of Topliss-reactive ketones (excluding diaryl/α,β-unsaturated/α-hetero) is 2. The Balaban J connectivity index is 2.43. The molecule has 3 aromatic heterocycles. The van der Waals surface area contributed by atoms with Crippen LogP contribution in [0.25, 0.3) is 27.3 Å². The monoisotopic (exact) mass is 275 g/mol. The van der Waals surface area contributed by atoms with Gasteiger partial charge in [0, 0.05) is 10.8 Å². The second-order valence-corrected chi connectivity index (χ2v) is 5.39. The lowest BCUT2D eigenvalue weighted by atomic mass is 10.0. The lowest BCUT2D eigenvalue weighted by Gasteiger charge is -2.00. The topological polar surface area (TPSA) is 38.5 Å². The standard InChI is InChI=1S/C18H13NO2/c1-10(20)16-15-9-5-8-14-12-6-3-4-7-13(12)18(19(14)15)17(16)11(2)21/h3-9H,1-2H3. The molecular weight excluding hydrogens is 262 g/mol. The van der Waals surface area contributed by atoms with E-state index in [9.17, 15) is 9.59 Å². The molecule has 0 amide bonds. The van der Waals surface area contributed by atoms with Crippen LogP contribution in [0.5, 0.6) is 0 Å². The van der Waals surface area contributed by atoms with Crippen LogP contribution in [0.4, 0.5) is 0 Å². The summed E-state index contributed by atoms with van der Waals surface area (Å²) in [6, 6.07) is 13.9. The van der Waals surface area contributed by atoms with Crippen LogP contribution in [-0.2, 0) is 0 Å². The number of benzene rings is 1. The first-order valence-corrected chi connectivity index (χ1v) is 6.90. The first-order valence-electron chi connectivity index (χ1n) is 6.90. The molecule has 0 atom stereocenters. The van der Waals surface area contributed by atoms with Crippen molar-refractivity contribution < 1.29 is 9.59 Å². The number of ketones is 2. The maximum atomic E-state index is 12.2. The molecule has 0 aliphatic rings. The summed E-state index contributed by atoms with van der Waals surface area (Å²) in [4.78, 5) is 24.3. The van der Waals surface area contributed by atoms with E-state index in [4.69, 9.17) is 0 Å².